The van der Waals surface area contributed by atoms with Crippen LogP contribution < -0.4 is 5.32 Å². The normalized spacial score (nSPS) is 19.1. The molecule has 3 nitrogen and oxygen atoms in total. The topological polar surface area (TPSA) is 34.2 Å². The zero-order valence-electron chi connectivity index (χ0n) is 9.40. The molecule has 0 unspecified atom stereocenters. The molecule has 0 bridgehead atoms. The zero-order valence-corrected chi connectivity index (χ0v) is 11.7. The first-order valence-electron chi connectivity index (χ1n) is 5.38. The van der Waals surface area contributed by atoms with Gasteiger partial charge in [0.1, 0.15) is 11.0 Å². The van der Waals surface area contributed by atoms with E-state index in [1.807, 2.05) is 0 Å². The summed E-state index contributed by atoms with van der Waals surface area (Å²) < 4.78 is 5.34. The van der Waals surface area contributed by atoms with Crippen LogP contribution in [0.3, 0.4) is 0 Å². The summed E-state index contributed by atoms with van der Waals surface area (Å²) in [7, 11) is 0. The van der Waals surface area contributed by atoms with Gasteiger partial charge in [-0.25, -0.2) is 4.98 Å². The quantitative estimate of drug-likeness (QED) is 0.837. The van der Waals surface area contributed by atoms with Crippen LogP contribution in [0.25, 0.3) is 0 Å². The van der Waals surface area contributed by atoms with Gasteiger partial charge in [0.15, 0.2) is 0 Å². The Labute approximate surface area is 115 Å². The number of aromatic nitrogens is 1. The molecule has 0 atom stereocenters. The molecule has 6 heteroatoms. The predicted octanol–water partition coefficient (Wildman–Crippen LogP) is 4.02. The Bertz CT molecular complexity index is 419. The van der Waals surface area contributed by atoms with Gasteiger partial charge in [-0.2, -0.15) is 0 Å². The molecule has 1 aliphatic rings. The first-order valence-corrected chi connectivity index (χ1v) is 6.51. The monoisotopic (exact) mass is 294 g/mol. The third-order valence-electron chi connectivity index (χ3n) is 2.90. The van der Waals surface area contributed by atoms with Gasteiger partial charge < -0.3 is 10.1 Å². The van der Waals surface area contributed by atoms with E-state index in [2.05, 4.69) is 17.2 Å². The Morgan fingerprint density at radius 1 is 1.24 bits per heavy atom. The Hall–Kier alpha value is -0.220. The summed E-state index contributed by atoms with van der Waals surface area (Å²) in [6.07, 6.45) is 1.82. The highest BCUT2D eigenvalue weighted by atomic mass is 35.5. The van der Waals surface area contributed by atoms with Crippen molar-refractivity contribution in [3.63, 3.8) is 0 Å². The molecule has 1 aliphatic heterocycles. The SMILES string of the molecule is CC1(Nc2nc(Cl)c(Cl)cc2Cl)CCOCC1. The number of pyridine rings is 1. The van der Waals surface area contributed by atoms with Crippen LogP contribution in [0.4, 0.5) is 5.82 Å². The largest absolute Gasteiger partial charge is 0.381 e. The van der Waals surface area contributed by atoms with Gasteiger partial charge in [0.2, 0.25) is 0 Å². The lowest BCUT2D eigenvalue weighted by Gasteiger charge is -2.35. The number of nitrogens with one attached hydrogen (secondary N) is 1. The van der Waals surface area contributed by atoms with Crippen LogP contribution in [0.2, 0.25) is 15.2 Å². The van der Waals surface area contributed by atoms with Gasteiger partial charge in [-0.15, -0.1) is 0 Å². The fourth-order valence-corrected chi connectivity index (χ4v) is 2.31. The van der Waals surface area contributed by atoms with Gasteiger partial charge in [-0.05, 0) is 25.8 Å². The molecule has 1 N–H and O–H groups in total. The van der Waals surface area contributed by atoms with E-state index in [-0.39, 0.29) is 10.7 Å². The maximum Gasteiger partial charge on any atom is 0.150 e. The first kappa shape index (κ1) is 13.2. The van der Waals surface area contributed by atoms with Crippen LogP contribution in [0.15, 0.2) is 6.07 Å². The van der Waals surface area contributed by atoms with Crippen molar-refractivity contribution in [3.8, 4) is 0 Å². The minimum Gasteiger partial charge on any atom is -0.381 e. The van der Waals surface area contributed by atoms with Crippen molar-refractivity contribution in [3.05, 3.63) is 21.3 Å². The molecular formula is C11H13Cl3N2O. The van der Waals surface area contributed by atoms with Crippen molar-refractivity contribution < 1.29 is 4.74 Å². The van der Waals surface area contributed by atoms with Gasteiger partial charge in [-0.3, -0.25) is 0 Å². The Balaban J connectivity index is 2.20. The maximum absolute atomic E-state index is 6.08. The number of nitrogens with zero attached hydrogens (tertiary/aromatic N) is 1. The van der Waals surface area contributed by atoms with Crippen molar-refractivity contribution in [1.82, 2.24) is 4.98 Å². The first-order chi connectivity index (χ1) is 8.00. The van der Waals surface area contributed by atoms with Gasteiger partial charge >= 0.3 is 0 Å². The fraction of sp³-hybridized carbons (Fsp3) is 0.545. The number of rotatable bonds is 2. The number of hydrogen-bond acceptors (Lipinski definition) is 3. The lowest BCUT2D eigenvalue weighted by Crippen LogP contribution is -2.41. The molecule has 0 saturated carbocycles. The standard InChI is InChI=1S/C11H13Cl3N2O/c1-11(2-4-17-5-3-11)16-10-8(13)6-7(12)9(14)15-10/h6H,2-5H2,1H3,(H,15,16). The average Bonchev–Trinajstić information content (AvgIpc) is 2.26. The number of anilines is 1. The predicted molar refractivity (Wildman–Crippen MR) is 71.3 cm³/mol. The van der Waals surface area contributed by atoms with Crippen molar-refractivity contribution in [2.75, 3.05) is 18.5 Å². The van der Waals surface area contributed by atoms with Crippen molar-refractivity contribution in [2.45, 2.75) is 25.3 Å². The van der Waals surface area contributed by atoms with E-state index in [4.69, 9.17) is 39.5 Å². The van der Waals surface area contributed by atoms with Gasteiger partial charge in [0.05, 0.1) is 10.0 Å². The summed E-state index contributed by atoms with van der Waals surface area (Å²) in [5.74, 6) is 0.575. The van der Waals surface area contributed by atoms with Crippen LogP contribution in [0.1, 0.15) is 19.8 Å². The van der Waals surface area contributed by atoms with Crippen molar-refractivity contribution in [2.24, 2.45) is 0 Å². The summed E-state index contributed by atoms with van der Waals surface area (Å²) in [6.45, 7) is 3.60. The third-order valence-corrected chi connectivity index (χ3v) is 3.86. The fourth-order valence-electron chi connectivity index (χ4n) is 1.76. The van der Waals surface area contributed by atoms with E-state index < -0.39 is 0 Å². The molecule has 1 aromatic heterocycles. The molecule has 0 amide bonds. The molecule has 0 aromatic carbocycles. The minimum atomic E-state index is -0.0634. The zero-order chi connectivity index (χ0) is 12.5. The summed E-state index contributed by atoms with van der Waals surface area (Å²) in [5.41, 5.74) is -0.0634. The highest BCUT2D eigenvalue weighted by Gasteiger charge is 2.28. The Morgan fingerprint density at radius 3 is 2.53 bits per heavy atom. The molecule has 2 heterocycles. The second-order valence-electron chi connectivity index (χ2n) is 4.39. The lowest BCUT2D eigenvalue weighted by atomic mass is 9.92. The van der Waals surface area contributed by atoms with Gasteiger partial charge in [0.25, 0.3) is 0 Å². The summed E-state index contributed by atoms with van der Waals surface area (Å²) in [4.78, 5) is 4.16. The molecule has 1 aromatic rings. The number of hydrogen-bond donors (Lipinski definition) is 1. The molecule has 0 radical (unpaired) electrons. The van der Waals surface area contributed by atoms with Crippen LogP contribution >= 0.6 is 34.8 Å². The van der Waals surface area contributed by atoms with E-state index in [0.29, 0.717) is 15.9 Å². The molecule has 94 valence electrons. The highest BCUT2D eigenvalue weighted by Crippen LogP contribution is 2.32. The smallest absolute Gasteiger partial charge is 0.150 e. The van der Waals surface area contributed by atoms with Crippen LogP contribution in [0, 0.1) is 0 Å². The summed E-state index contributed by atoms with van der Waals surface area (Å²) in [6, 6.07) is 1.60. The van der Waals surface area contributed by atoms with Crippen LogP contribution in [-0.2, 0) is 4.74 Å². The third kappa shape index (κ3) is 3.16. The number of halogens is 3. The summed E-state index contributed by atoms with van der Waals surface area (Å²) >= 11 is 17.8. The molecule has 1 fully saturated rings. The summed E-state index contributed by atoms with van der Waals surface area (Å²) in [5, 5.41) is 4.43. The molecule has 0 aliphatic carbocycles. The minimum absolute atomic E-state index is 0.0634. The molecule has 1 saturated heterocycles. The lowest BCUT2D eigenvalue weighted by molar-refractivity contribution is 0.0657. The van der Waals surface area contributed by atoms with Crippen molar-refractivity contribution >= 4 is 40.6 Å². The second-order valence-corrected chi connectivity index (χ2v) is 5.56. The van der Waals surface area contributed by atoms with Gasteiger partial charge in [0, 0.05) is 18.8 Å². The Kier molecular flexibility index (Phi) is 4.03. The molecule has 0 spiro atoms. The van der Waals surface area contributed by atoms with Crippen LogP contribution in [0.5, 0.6) is 0 Å². The second kappa shape index (κ2) is 5.19. The van der Waals surface area contributed by atoms with E-state index in [1.54, 1.807) is 6.07 Å². The molecular weight excluding hydrogens is 282 g/mol. The van der Waals surface area contributed by atoms with E-state index in [9.17, 15) is 0 Å². The van der Waals surface area contributed by atoms with E-state index in [0.717, 1.165) is 26.1 Å². The highest BCUT2D eigenvalue weighted by molar-refractivity contribution is 6.42. The van der Waals surface area contributed by atoms with E-state index >= 15 is 0 Å². The average molecular weight is 296 g/mol. The van der Waals surface area contributed by atoms with Crippen LogP contribution in [-0.4, -0.2) is 23.7 Å². The number of ether oxygens (including phenoxy) is 1. The molecule has 2 rings (SSSR count). The van der Waals surface area contributed by atoms with E-state index in [1.165, 1.54) is 0 Å². The van der Waals surface area contributed by atoms with Gasteiger partial charge in [-0.1, -0.05) is 34.8 Å². The molecule has 17 heavy (non-hydrogen) atoms. The van der Waals surface area contributed by atoms with Crippen molar-refractivity contribution in [1.29, 1.82) is 0 Å². The maximum atomic E-state index is 6.08. The Morgan fingerprint density at radius 2 is 1.88 bits per heavy atom.